The maximum absolute atomic E-state index is 10.9. The monoisotopic (exact) mass is 218 g/mol. The van der Waals surface area contributed by atoms with E-state index in [2.05, 4.69) is 4.98 Å². The molecular weight excluding hydrogens is 208 g/mol. The number of nitrogens with zero attached hydrogens (tertiary/aromatic N) is 1. The van der Waals surface area contributed by atoms with Crippen molar-refractivity contribution in [1.29, 1.82) is 0 Å². The van der Waals surface area contributed by atoms with Crippen LogP contribution >= 0.6 is 0 Å². The molecule has 0 bridgehead atoms. The average molecular weight is 218 g/mol. The molecule has 5 heteroatoms. The molecule has 1 aliphatic rings. The number of aromatic nitrogens is 1. The lowest BCUT2D eigenvalue weighted by atomic mass is 10.1. The Morgan fingerprint density at radius 2 is 2.25 bits per heavy atom. The largest absolute Gasteiger partial charge is 0.357 e. The third-order valence-electron chi connectivity index (χ3n) is 2.91. The summed E-state index contributed by atoms with van der Waals surface area (Å²) in [6.45, 7) is 0.403. The van der Waals surface area contributed by atoms with Crippen molar-refractivity contribution in [2.45, 2.75) is 12.6 Å². The molecule has 1 aromatic heterocycles. The summed E-state index contributed by atoms with van der Waals surface area (Å²) in [5.74, 6) is 0. The first-order valence-corrected chi connectivity index (χ1v) is 5.12. The van der Waals surface area contributed by atoms with Crippen LogP contribution < -0.4 is 0 Å². The van der Waals surface area contributed by atoms with Crippen LogP contribution in [0.5, 0.6) is 0 Å². The smallest absolute Gasteiger partial charge is 0.350 e. The van der Waals surface area contributed by atoms with Gasteiger partial charge in [0.25, 0.3) is 0 Å². The number of nitrogens with one attached hydrogen (secondary N) is 1. The Morgan fingerprint density at radius 1 is 1.44 bits per heavy atom. The molecule has 0 spiro atoms. The van der Waals surface area contributed by atoms with Gasteiger partial charge < -0.3 is 9.72 Å². The minimum atomic E-state index is -1.05. The summed E-state index contributed by atoms with van der Waals surface area (Å²) in [5, 5.41) is 11.9. The molecule has 0 saturated heterocycles. The lowest BCUT2D eigenvalue weighted by molar-refractivity contribution is -0.586. The van der Waals surface area contributed by atoms with Crippen LogP contribution in [0.2, 0.25) is 0 Å². The van der Waals surface area contributed by atoms with Gasteiger partial charge in [0.1, 0.15) is 5.69 Å². The van der Waals surface area contributed by atoms with Gasteiger partial charge in [0, 0.05) is 10.9 Å². The number of fused-ring (bicyclic) bond motifs is 3. The summed E-state index contributed by atoms with van der Waals surface area (Å²) >= 11 is 0. The Hall–Kier alpha value is -1.88. The van der Waals surface area contributed by atoms with E-state index in [-0.39, 0.29) is 0 Å². The number of H-pyrrole nitrogens is 1. The molecule has 1 unspecified atom stereocenters. The molecule has 0 radical (unpaired) electrons. The van der Waals surface area contributed by atoms with E-state index in [0.717, 1.165) is 22.9 Å². The maximum Gasteiger partial charge on any atom is 0.357 e. The number of hydrogen-bond donors (Lipinski definition) is 1. The van der Waals surface area contributed by atoms with Crippen LogP contribution in [0, 0.1) is 10.1 Å². The third-order valence-corrected chi connectivity index (χ3v) is 2.91. The van der Waals surface area contributed by atoms with Crippen LogP contribution in [0.1, 0.15) is 17.5 Å². The van der Waals surface area contributed by atoms with E-state index in [1.807, 2.05) is 24.3 Å². The van der Waals surface area contributed by atoms with Crippen molar-refractivity contribution < 1.29 is 9.66 Å². The van der Waals surface area contributed by atoms with Crippen LogP contribution in [0.3, 0.4) is 0 Å². The summed E-state index contributed by atoms with van der Waals surface area (Å²) in [5.41, 5.74) is 2.55. The Labute approximate surface area is 91.2 Å². The lowest BCUT2D eigenvalue weighted by Crippen LogP contribution is -2.22. The van der Waals surface area contributed by atoms with Gasteiger partial charge >= 0.3 is 6.23 Å². The van der Waals surface area contributed by atoms with Crippen molar-refractivity contribution in [2.75, 3.05) is 6.61 Å². The van der Waals surface area contributed by atoms with Crippen LogP contribution in [-0.4, -0.2) is 16.5 Å². The second-order valence-electron chi connectivity index (χ2n) is 3.82. The highest BCUT2D eigenvalue weighted by molar-refractivity contribution is 5.84. The number of nitro groups is 1. The normalized spacial score (nSPS) is 19.6. The molecule has 1 N–H and O–H groups in total. The molecule has 82 valence electrons. The summed E-state index contributed by atoms with van der Waals surface area (Å²) in [6, 6.07) is 7.75. The molecule has 0 fully saturated rings. The van der Waals surface area contributed by atoms with Crippen LogP contribution in [-0.2, 0) is 11.2 Å². The zero-order valence-corrected chi connectivity index (χ0v) is 8.47. The summed E-state index contributed by atoms with van der Waals surface area (Å²) in [7, 11) is 0. The van der Waals surface area contributed by atoms with E-state index in [4.69, 9.17) is 4.74 Å². The molecule has 2 heterocycles. The van der Waals surface area contributed by atoms with Crippen molar-refractivity contribution in [1.82, 2.24) is 4.98 Å². The number of para-hydroxylation sites is 1. The van der Waals surface area contributed by atoms with E-state index >= 15 is 0 Å². The van der Waals surface area contributed by atoms with Crippen molar-refractivity contribution in [2.24, 2.45) is 0 Å². The molecule has 2 aromatic rings. The van der Waals surface area contributed by atoms with Gasteiger partial charge in [-0.25, -0.2) is 0 Å². The fraction of sp³-hybridized carbons (Fsp3) is 0.273. The first-order valence-electron chi connectivity index (χ1n) is 5.12. The second kappa shape index (κ2) is 3.31. The van der Waals surface area contributed by atoms with Crippen molar-refractivity contribution >= 4 is 10.9 Å². The molecule has 1 atom stereocenters. The molecule has 1 aromatic carbocycles. The Kier molecular flexibility index (Phi) is 1.94. The van der Waals surface area contributed by atoms with Crippen LogP contribution in [0.4, 0.5) is 0 Å². The van der Waals surface area contributed by atoms with Crippen LogP contribution in [0.25, 0.3) is 10.9 Å². The van der Waals surface area contributed by atoms with E-state index in [0.29, 0.717) is 12.3 Å². The van der Waals surface area contributed by atoms with Gasteiger partial charge in [-0.2, -0.15) is 0 Å². The minimum Gasteiger partial charge on any atom is -0.350 e. The quantitative estimate of drug-likeness (QED) is 0.588. The van der Waals surface area contributed by atoms with E-state index in [1.165, 1.54) is 0 Å². The Morgan fingerprint density at radius 3 is 3.06 bits per heavy atom. The Balaban J connectivity index is 2.25. The number of benzene rings is 1. The predicted octanol–water partition coefficient (Wildman–Crippen LogP) is 2.02. The van der Waals surface area contributed by atoms with Gasteiger partial charge in [0.15, 0.2) is 0 Å². The first kappa shape index (κ1) is 9.35. The van der Waals surface area contributed by atoms with Crippen molar-refractivity contribution in [3.05, 3.63) is 45.6 Å². The zero-order valence-electron chi connectivity index (χ0n) is 8.47. The van der Waals surface area contributed by atoms with Crippen LogP contribution in [0.15, 0.2) is 24.3 Å². The minimum absolute atomic E-state index is 0.395. The van der Waals surface area contributed by atoms with Gasteiger partial charge in [0.2, 0.25) is 0 Å². The summed E-state index contributed by atoms with van der Waals surface area (Å²) < 4.78 is 5.17. The van der Waals surface area contributed by atoms with Gasteiger partial charge in [-0.05, 0) is 18.1 Å². The zero-order chi connectivity index (χ0) is 11.1. The SMILES string of the molecule is O=[N+]([O-])C1OCCc2c1[nH]c1ccccc21. The summed E-state index contributed by atoms with van der Waals surface area (Å²) in [6.07, 6.45) is -0.319. The Bertz CT molecular complexity index is 561. The average Bonchev–Trinajstić information content (AvgIpc) is 2.67. The topological polar surface area (TPSA) is 68.2 Å². The maximum atomic E-state index is 10.9. The van der Waals surface area contributed by atoms with Gasteiger partial charge in [-0.1, -0.05) is 18.2 Å². The van der Waals surface area contributed by atoms with Crippen molar-refractivity contribution in [3.8, 4) is 0 Å². The standard InChI is InChI=1S/C11H10N2O3/c14-13(15)11-10-8(5-6-16-11)7-3-1-2-4-9(7)12-10/h1-4,11-12H,5-6H2. The fourth-order valence-corrected chi connectivity index (χ4v) is 2.22. The van der Waals surface area contributed by atoms with Gasteiger partial charge in [0.05, 0.1) is 11.5 Å². The number of rotatable bonds is 1. The molecule has 0 saturated carbocycles. The third kappa shape index (κ3) is 1.22. The molecule has 16 heavy (non-hydrogen) atoms. The van der Waals surface area contributed by atoms with E-state index < -0.39 is 11.2 Å². The summed E-state index contributed by atoms with van der Waals surface area (Å²) in [4.78, 5) is 13.5. The number of aromatic amines is 1. The molecule has 1 aliphatic heterocycles. The highest BCUT2D eigenvalue weighted by Gasteiger charge is 2.33. The molecule has 0 amide bonds. The van der Waals surface area contributed by atoms with Gasteiger partial charge in [-0.15, -0.1) is 0 Å². The molecular formula is C11H10N2O3. The fourth-order valence-electron chi connectivity index (χ4n) is 2.22. The van der Waals surface area contributed by atoms with E-state index in [1.54, 1.807) is 0 Å². The number of hydrogen-bond acceptors (Lipinski definition) is 3. The first-order chi connectivity index (χ1) is 7.77. The lowest BCUT2D eigenvalue weighted by Gasteiger charge is -2.16. The molecule has 0 aliphatic carbocycles. The molecule has 3 rings (SSSR count). The van der Waals surface area contributed by atoms with Crippen molar-refractivity contribution in [3.63, 3.8) is 0 Å². The second-order valence-corrected chi connectivity index (χ2v) is 3.82. The highest BCUT2D eigenvalue weighted by atomic mass is 16.7. The predicted molar refractivity (Wildman–Crippen MR) is 57.7 cm³/mol. The van der Waals surface area contributed by atoms with E-state index in [9.17, 15) is 10.1 Å². The highest BCUT2D eigenvalue weighted by Crippen LogP contribution is 2.32. The van der Waals surface area contributed by atoms with Gasteiger partial charge in [-0.3, -0.25) is 10.1 Å². The number of ether oxygens (including phenoxy) is 1. The molecule has 5 nitrogen and oxygen atoms in total.